The summed E-state index contributed by atoms with van der Waals surface area (Å²) in [6.07, 6.45) is 12.0. The first-order valence-corrected chi connectivity index (χ1v) is 26.8. The van der Waals surface area contributed by atoms with E-state index < -0.39 is 69.7 Å². The Morgan fingerprint density at radius 3 is 2.41 bits per heavy atom. The number of aliphatic hydroxyl groups is 5. The second-order valence-electron chi connectivity index (χ2n) is 24.1. The number of hydrogen-bond donors (Lipinski definition) is 9. The van der Waals surface area contributed by atoms with Crippen molar-refractivity contribution >= 4 is 33.7 Å². The smallest absolute Gasteiger partial charge is 0.261 e. The van der Waals surface area contributed by atoms with Crippen molar-refractivity contribution in [3.63, 3.8) is 0 Å². The van der Waals surface area contributed by atoms with Crippen LogP contribution in [-0.2, 0) is 10.2 Å². The van der Waals surface area contributed by atoms with Crippen molar-refractivity contribution < 1.29 is 49.7 Å². The number of aromatic hydroxyl groups is 1. The van der Waals surface area contributed by atoms with Crippen LogP contribution >= 0.6 is 0 Å². The number of ether oxygens (including phenoxy) is 2. The van der Waals surface area contributed by atoms with E-state index in [1.54, 1.807) is 43.7 Å². The topological polar surface area (TPSA) is 243 Å². The maximum atomic E-state index is 15.2. The molecule has 0 radical (unpaired) electrons. The highest BCUT2D eigenvalue weighted by Gasteiger charge is 2.76. The zero-order chi connectivity index (χ0) is 49.8. The number of nitrogens with one attached hydrogen (secondary N) is 3. The predicted octanol–water partition coefficient (Wildman–Crippen LogP) is 7.20. The number of ketones is 2. The first-order valence-electron chi connectivity index (χ1n) is 26.8. The molecule has 0 amide bonds. The Morgan fingerprint density at radius 2 is 1.62 bits per heavy atom. The van der Waals surface area contributed by atoms with Crippen molar-refractivity contribution in [2.45, 2.75) is 163 Å². The van der Waals surface area contributed by atoms with E-state index in [0.29, 0.717) is 64.7 Å². The highest BCUT2D eigenvalue weighted by atomic mass is 16.7. The second kappa shape index (κ2) is 14.8. The summed E-state index contributed by atoms with van der Waals surface area (Å²) in [4.78, 5) is 47.1. The zero-order valence-corrected chi connectivity index (χ0v) is 40.9. The lowest BCUT2D eigenvalue weighted by Gasteiger charge is -2.64. The van der Waals surface area contributed by atoms with Crippen LogP contribution in [0.25, 0.3) is 16.3 Å². The molecule has 8 bridgehead atoms. The number of benzene rings is 2. The molecule has 73 heavy (non-hydrogen) atoms. The molecule has 3 aromatic heterocycles. The number of aryl methyl sites for hydroxylation is 1. The van der Waals surface area contributed by atoms with Crippen LogP contribution in [0.4, 0.5) is 5.82 Å². The molecule has 5 spiro atoms. The maximum absolute atomic E-state index is 15.2. The molecule has 5 aromatic rings. The van der Waals surface area contributed by atoms with E-state index in [9.17, 15) is 30.6 Å². The number of phenols is 1. The Labute approximate surface area is 421 Å². The summed E-state index contributed by atoms with van der Waals surface area (Å²) in [7, 11) is 0. The molecule has 9 N–H and O–H groups in total. The fraction of sp³-hybridized carbons (Fsp3) is 0.517. The van der Waals surface area contributed by atoms with Crippen molar-refractivity contribution in [1.29, 1.82) is 0 Å². The fourth-order valence-corrected chi connectivity index (χ4v) is 17.7. The van der Waals surface area contributed by atoms with Gasteiger partial charge in [0.05, 0.1) is 35.1 Å². The number of anilines is 1. The summed E-state index contributed by atoms with van der Waals surface area (Å²) in [6.45, 7) is 1.74. The average molecular weight is 988 g/mol. The lowest BCUT2D eigenvalue weighted by molar-refractivity contribution is -0.366. The SMILES string of the molecule is Cc1cc(O)c2c(c1)C(=O)c1c(c3cc4c(nccc14)NCC(O)C14CCCC1c1cc(C5(c6cnc[nH]6)CCCCC5)[nH]c1C1=CC5(O3)OC3(C1=C4CC1(CCC4(CCCC4)C1)C3O)C(O)C(O)C5O)C2=O. The van der Waals surface area contributed by atoms with Crippen LogP contribution in [0.5, 0.6) is 11.5 Å². The Kier molecular flexibility index (Phi) is 9.07. The third-order valence-electron chi connectivity index (χ3n) is 20.7. The normalized spacial score (nSPS) is 36.2. The number of nitrogens with zero attached hydrogens (tertiary/aromatic N) is 2. The van der Waals surface area contributed by atoms with Crippen LogP contribution in [0.15, 0.2) is 66.3 Å². The van der Waals surface area contributed by atoms with Gasteiger partial charge in [-0.15, -0.1) is 0 Å². The standard InChI is InChI=1S/C58H61N5O10/c1-28-18-32-41(36(64)19-28)47(67)43-37-20-30-29(42(43)46(32)66)9-17-60-51(30)61-25-40(65)56-14-7-8-34(56)31-21-38(55(12-3-2-4-13-55)39-24-59-27-62-39)63-45(31)33-22-57(72-37)49(69)48(68)50(70)58(73-57)44(33)35(56)23-54(52(58)71)16-15-53(26-54)10-5-6-11-53/h9,17-22,24,27,34,40,48-50,52,63-65,68-71H,2-8,10-16,23,25-26H2,1H3,(H,59,62)(H,60,61). The summed E-state index contributed by atoms with van der Waals surface area (Å²) >= 11 is 0. The molecule has 7 heterocycles. The molecular formula is C58H61N5O10. The van der Waals surface area contributed by atoms with Crippen molar-refractivity contribution in [3.05, 3.63) is 117 Å². The van der Waals surface area contributed by atoms with Gasteiger partial charge in [-0.05, 0) is 141 Å². The van der Waals surface area contributed by atoms with Crippen molar-refractivity contribution in [1.82, 2.24) is 19.9 Å². The van der Waals surface area contributed by atoms with E-state index in [-0.39, 0.29) is 51.6 Å². The van der Waals surface area contributed by atoms with Crippen LogP contribution < -0.4 is 10.1 Å². The summed E-state index contributed by atoms with van der Waals surface area (Å²) in [6, 6.07) is 8.50. The Morgan fingerprint density at radius 1 is 0.808 bits per heavy atom. The van der Waals surface area contributed by atoms with E-state index in [2.05, 4.69) is 26.3 Å². The quantitative estimate of drug-likeness (QED) is 0.0835. The Bertz CT molecular complexity index is 3330. The van der Waals surface area contributed by atoms with Crippen LogP contribution in [0.2, 0.25) is 0 Å². The van der Waals surface area contributed by atoms with Crippen molar-refractivity contribution in [3.8, 4) is 11.5 Å². The van der Waals surface area contributed by atoms with Gasteiger partial charge >= 0.3 is 0 Å². The molecule has 2 aromatic carbocycles. The van der Waals surface area contributed by atoms with Gasteiger partial charge in [0.2, 0.25) is 5.78 Å². The number of rotatable bonds is 2. The Hall–Kier alpha value is -5.68. The molecule has 7 aliphatic carbocycles. The number of fused-ring (bicyclic) bond motifs is 7. The highest BCUT2D eigenvalue weighted by Crippen LogP contribution is 2.74. The largest absolute Gasteiger partial charge is 0.507 e. The van der Waals surface area contributed by atoms with Gasteiger partial charge in [-0.3, -0.25) is 9.59 Å². The van der Waals surface area contributed by atoms with E-state index >= 15 is 9.59 Å². The molecule has 4 saturated carbocycles. The minimum atomic E-state index is -2.44. The van der Waals surface area contributed by atoms with Crippen molar-refractivity contribution in [2.75, 3.05) is 11.9 Å². The molecule has 15 nitrogen and oxygen atoms in total. The van der Waals surface area contributed by atoms with Gasteiger partial charge in [-0.25, -0.2) is 9.97 Å². The second-order valence-corrected chi connectivity index (χ2v) is 24.1. The van der Waals surface area contributed by atoms with Gasteiger partial charge in [0.15, 0.2) is 17.5 Å². The first-order chi connectivity index (χ1) is 35.2. The molecule has 5 fully saturated rings. The molecule has 1 saturated heterocycles. The van der Waals surface area contributed by atoms with Crippen molar-refractivity contribution in [2.24, 2.45) is 16.2 Å². The molecule has 11 aliphatic rings. The number of H-pyrrole nitrogens is 2. The molecule has 15 heteroatoms. The number of aliphatic hydroxyl groups excluding tert-OH is 5. The number of carbonyl (C=O) groups excluding carboxylic acids is 2. The highest BCUT2D eigenvalue weighted by molar-refractivity contribution is 6.34. The van der Waals surface area contributed by atoms with E-state index in [4.69, 9.17) is 14.5 Å². The lowest BCUT2D eigenvalue weighted by atomic mass is 9.51. The summed E-state index contributed by atoms with van der Waals surface area (Å²) in [5.74, 6) is -4.22. The van der Waals surface area contributed by atoms with Gasteiger partial charge in [-0.1, -0.05) is 44.1 Å². The van der Waals surface area contributed by atoms with Gasteiger partial charge in [0.1, 0.15) is 29.5 Å². The number of aromatic nitrogens is 4. The predicted molar refractivity (Wildman–Crippen MR) is 266 cm³/mol. The summed E-state index contributed by atoms with van der Waals surface area (Å²) in [5, 5.41) is 82.1. The van der Waals surface area contributed by atoms with E-state index in [1.165, 1.54) is 6.07 Å². The van der Waals surface area contributed by atoms with E-state index in [1.807, 2.05) is 6.20 Å². The lowest BCUT2D eigenvalue weighted by Crippen LogP contribution is -2.78. The summed E-state index contributed by atoms with van der Waals surface area (Å²) < 4.78 is 14.8. The summed E-state index contributed by atoms with van der Waals surface area (Å²) in [5.41, 5.74) is 1.15. The average Bonchev–Trinajstić information content (AvgIpc) is 4.26. The third-order valence-corrected chi connectivity index (χ3v) is 20.7. The number of aromatic amines is 2. The number of phenolic OH excluding ortho intramolecular Hbond substituents is 1. The molecule has 378 valence electrons. The first kappa shape index (κ1) is 44.8. The Balaban J connectivity index is 1.06. The molecule has 10 atom stereocenters. The van der Waals surface area contributed by atoms with Gasteiger partial charge in [0, 0.05) is 68.9 Å². The number of carbonyl (C=O) groups is 2. The van der Waals surface area contributed by atoms with Crippen LogP contribution in [0.3, 0.4) is 0 Å². The number of pyridine rings is 1. The maximum Gasteiger partial charge on any atom is 0.261 e. The minimum Gasteiger partial charge on any atom is -0.507 e. The molecule has 10 unspecified atom stereocenters. The number of imidazole rings is 1. The zero-order valence-electron chi connectivity index (χ0n) is 40.9. The third kappa shape index (κ3) is 5.45. The molecule has 16 rings (SSSR count). The monoisotopic (exact) mass is 987 g/mol. The van der Waals surface area contributed by atoms with Gasteiger partial charge in [0.25, 0.3) is 5.79 Å². The fourth-order valence-electron chi connectivity index (χ4n) is 17.7. The van der Waals surface area contributed by atoms with Crippen LogP contribution in [0, 0.1) is 23.2 Å². The van der Waals surface area contributed by atoms with Gasteiger partial charge < -0.3 is 55.4 Å². The van der Waals surface area contributed by atoms with Crippen LogP contribution in [-0.4, -0.2) is 111 Å². The minimum absolute atomic E-state index is 0.0121. The van der Waals surface area contributed by atoms with Crippen LogP contribution in [0.1, 0.15) is 169 Å². The van der Waals surface area contributed by atoms with E-state index in [0.717, 1.165) is 99.6 Å². The van der Waals surface area contributed by atoms with Gasteiger partial charge in [-0.2, -0.15) is 0 Å². The molecule has 4 aliphatic heterocycles. The number of hydrogen-bond acceptors (Lipinski definition) is 13. The molecular weight excluding hydrogens is 927 g/mol.